The lowest BCUT2D eigenvalue weighted by molar-refractivity contribution is -0.515. The van der Waals surface area contributed by atoms with Gasteiger partial charge in [0, 0.05) is 16.5 Å². The molecule has 2 unspecified atom stereocenters. The molecule has 2 heterocycles. The minimum absolute atomic E-state index is 0.120. The van der Waals surface area contributed by atoms with Gasteiger partial charge in [-0.25, -0.2) is 4.79 Å². The maximum Gasteiger partial charge on any atom is 0.414 e. The van der Waals surface area contributed by atoms with Crippen LogP contribution in [0.1, 0.15) is 12.8 Å². The zero-order chi connectivity index (χ0) is 11.1. The van der Waals surface area contributed by atoms with Crippen LogP contribution in [0.5, 0.6) is 0 Å². The molecule has 1 aromatic rings. The van der Waals surface area contributed by atoms with E-state index in [4.69, 9.17) is 4.42 Å². The molecule has 1 aliphatic rings. The van der Waals surface area contributed by atoms with E-state index in [-0.39, 0.29) is 5.89 Å². The summed E-state index contributed by atoms with van der Waals surface area (Å²) in [6.07, 6.45) is 1.48. The van der Waals surface area contributed by atoms with Crippen molar-refractivity contribution in [1.82, 2.24) is 4.37 Å². The van der Waals surface area contributed by atoms with Crippen molar-refractivity contribution in [2.75, 3.05) is 0 Å². The zero-order valence-corrected chi connectivity index (χ0v) is 9.21. The highest BCUT2D eigenvalue weighted by Crippen LogP contribution is 2.45. The normalized spacial score (nSPS) is 29.5. The summed E-state index contributed by atoms with van der Waals surface area (Å²) < 4.78 is 7.72. The molecule has 2 atom stereocenters. The number of nitro groups is 1. The Labute approximate surface area is 92.3 Å². The lowest BCUT2D eigenvalue weighted by Gasteiger charge is -2.19. The van der Waals surface area contributed by atoms with E-state index < -0.39 is 20.7 Å². The monoisotopic (exact) mass is 246 g/mol. The van der Waals surface area contributed by atoms with Gasteiger partial charge in [-0.15, -0.1) is 11.8 Å². The number of hydrogen-bond acceptors (Lipinski definition) is 7. The van der Waals surface area contributed by atoms with Crippen LogP contribution in [0.2, 0.25) is 0 Å². The van der Waals surface area contributed by atoms with E-state index in [2.05, 4.69) is 4.37 Å². The molecule has 0 saturated heterocycles. The van der Waals surface area contributed by atoms with Crippen LogP contribution in [0.15, 0.2) is 20.7 Å². The van der Waals surface area contributed by atoms with Gasteiger partial charge in [-0.2, -0.15) is 4.37 Å². The summed E-state index contributed by atoms with van der Waals surface area (Å²) in [5.74, 6) is 0.120. The first-order chi connectivity index (χ1) is 7.04. The summed E-state index contributed by atoms with van der Waals surface area (Å²) in [5.41, 5.74) is 0. The molecule has 0 N–H and O–H groups in total. The van der Waals surface area contributed by atoms with E-state index in [0.717, 1.165) is 0 Å². The fraction of sp³-hybridized carbons (Fsp3) is 0.429. The van der Waals surface area contributed by atoms with Gasteiger partial charge >= 0.3 is 4.94 Å². The van der Waals surface area contributed by atoms with Crippen LogP contribution in [0.25, 0.3) is 0 Å². The van der Waals surface area contributed by atoms with E-state index in [1.165, 1.54) is 17.8 Å². The maximum absolute atomic E-state index is 10.9. The van der Waals surface area contributed by atoms with Crippen molar-refractivity contribution in [2.45, 2.75) is 17.7 Å². The Morgan fingerprint density at radius 1 is 1.73 bits per heavy atom. The Hall–Kier alpha value is -1.15. The Bertz CT molecular complexity index is 479. The molecule has 1 aliphatic heterocycles. The summed E-state index contributed by atoms with van der Waals surface area (Å²) in [5, 5.41) is 12.4. The molecule has 80 valence electrons. The van der Waals surface area contributed by atoms with Crippen molar-refractivity contribution in [3.8, 4) is 0 Å². The summed E-state index contributed by atoms with van der Waals surface area (Å²) in [6, 6.07) is -0.909. The molecule has 1 aromatic heterocycles. The number of rotatable bonds is 2. The van der Waals surface area contributed by atoms with E-state index in [1.54, 1.807) is 12.3 Å². The van der Waals surface area contributed by atoms with Crippen molar-refractivity contribution in [1.29, 1.82) is 0 Å². The van der Waals surface area contributed by atoms with Crippen LogP contribution in [-0.4, -0.2) is 15.3 Å². The van der Waals surface area contributed by atoms with Gasteiger partial charge in [-0.1, -0.05) is 0 Å². The second-order valence-corrected chi connectivity index (χ2v) is 5.18. The fourth-order valence-electron chi connectivity index (χ4n) is 1.34. The summed E-state index contributed by atoms with van der Waals surface area (Å²) >= 11 is 1.90. The van der Waals surface area contributed by atoms with Crippen LogP contribution >= 0.6 is 23.3 Å². The molecular formula is C7H6N2O4S2. The standard InChI is InChI=1S/C7H6N2O4S2/c1-7(5-8-15-6(10)13-5)4(9(11)12)2-3-14-7/h2-4H,1H3. The SMILES string of the molecule is CC1(c2nsc(=O)o2)SC=CC1[N+](=O)[O-]. The summed E-state index contributed by atoms with van der Waals surface area (Å²) in [6.45, 7) is 1.64. The largest absolute Gasteiger partial charge is 0.414 e. The lowest BCUT2D eigenvalue weighted by Crippen LogP contribution is -2.35. The highest BCUT2D eigenvalue weighted by Gasteiger charge is 2.50. The van der Waals surface area contributed by atoms with E-state index in [9.17, 15) is 14.9 Å². The number of aromatic nitrogens is 1. The van der Waals surface area contributed by atoms with Crippen molar-refractivity contribution >= 4 is 23.3 Å². The van der Waals surface area contributed by atoms with Gasteiger partial charge in [0.15, 0.2) is 4.75 Å². The van der Waals surface area contributed by atoms with E-state index in [0.29, 0.717) is 11.5 Å². The molecule has 8 heteroatoms. The second kappa shape index (κ2) is 3.46. The first-order valence-electron chi connectivity index (χ1n) is 3.99. The zero-order valence-electron chi connectivity index (χ0n) is 7.58. The van der Waals surface area contributed by atoms with Crippen molar-refractivity contribution in [3.05, 3.63) is 37.2 Å². The molecule has 0 spiro atoms. The predicted molar refractivity (Wildman–Crippen MR) is 55.5 cm³/mol. The number of nitrogens with zero attached hydrogens (tertiary/aromatic N) is 2. The van der Waals surface area contributed by atoms with Crippen LogP contribution in [0.4, 0.5) is 0 Å². The molecule has 0 fully saturated rings. The van der Waals surface area contributed by atoms with Gasteiger partial charge in [0.2, 0.25) is 5.89 Å². The van der Waals surface area contributed by atoms with E-state index in [1.807, 2.05) is 0 Å². The van der Waals surface area contributed by atoms with Crippen LogP contribution in [0.3, 0.4) is 0 Å². The average molecular weight is 246 g/mol. The molecule has 6 nitrogen and oxygen atoms in total. The van der Waals surface area contributed by atoms with Crippen LogP contribution in [0, 0.1) is 10.1 Å². The molecular weight excluding hydrogens is 240 g/mol. The van der Waals surface area contributed by atoms with Gasteiger partial charge < -0.3 is 4.42 Å². The Morgan fingerprint density at radius 3 is 3.00 bits per heavy atom. The van der Waals surface area contributed by atoms with Gasteiger partial charge in [0.1, 0.15) is 0 Å². The molecule has 0 bridgehead atoms. The third-order valence-corrected chi connectivity index (χ3v) is 3.86. The molecule has 0 aliphatic carbocycles. The second-order valence-electron chi connectivity index (χ2n) is 3.12. The minimum Gasteiger partial charge on any atom is -0.397 e. The summed E-state index contributed by atoms with van der Waals surface area (Å²) in [4.78, 5) is 20.7. The smallest absolute Gasteiger partial charge is 0.397 e. The first kappa shape index (κ1) is 10.4. The minimum atomic E-state index is -0.914. The molecule has 0 amide bonds. The third-order valence-electron chi connectivity index (χ3n) is 2.17. The third kappa shape index (κ3) is 1.59. The van der Waals surface area contributed by atoms with E-state index >= 15 is 0 Å². The Kier molecular flexibility index (Phi) is 2.39. The predicted octanol–water partition coefficient (Wildman–Crippen LogP) is 1.22. The molecule has 15 heavy (non-hydrogen) atoms. The van der Waals surface area contributed by atoms with Gasteiger partial charge in [0.25, 0.3) is 6.04 Å². The highest BCUT2D eigenvalue weighted by atomic mass is 32.2. The Balaban J connectivity index is 2.43. The molecule has 2 rings (SSSR count). The number of thioether (sulfide) groups is 1. The molecule has 0 saturated carbocycles. The van der Waals surface area contributed by atoms with Crippen LogP contribution in [-0.2, 0) is 4.75 Å². The topological polar surface area (TPSA) is 86.2 Å². The fourth-order valence-corrected chi connectivity index (χ4v) is 2.90. The quantitative estimate of drug-likeness (QED) is 0.576. The number of hydrogen-bond donors (Lipinski definition) is 0. The van der Waals surface area contributed by atoms with Gasteiger partial charge in [0.05, 0.1) is 0 Å². The lowest BCUT2D eigenvalue weighted by atomic mass is 10.0. The van der Waals surface area contributed by atoms with Crippen LogP contribution < -0.4 is 4.94 Å². The van der Waals surface area contributed by atoms with Crippen molar-refractivity contribution in [2.24, 2.45) is 0 Å². The maximum atomic E-state index is 10.9. The Morgan fingerprint density at radius 2 is 2.47 bits per heavy atom. The molecule has 0 radical (unpaired) electrons. The van der Waals surface area contributed by atoms with Crippen molar-refractivity contribution < 1.29 is 9.34 Å². The van der Waals surface area contributed by atoms with Gasteiger partial charge in [-0.05, 0) is 18.4 Å². The summed E-state index contributed by atoms with van der Waals surface area (Å²) in [7, 11) is 0. The average Bonchev–Trinajstić information content (AvgIpc) is 2.72. The molecule has 0 aromatic carbocycles. The first-order valence-corrected chi connectivity index (χ1v) is 5.64. The van der Waals surface area contributed by atoms with Crippen molar-refractivity contribution in [3.63, 3.8) is 0 Å². The van der Waals surface area contributed by atoms with Gasteiger partial charge in [-0.3, -0.25) is 10.1 Å². The highest BCUT2D eigenvalue weighted by molar-refractivity contribution is 8.03.